The molecular formula is C11H12ClN5S. The van der Waals surface area contributed by atoms with Crippen molar-refractivity contribution < 1.29 is 0 Å². The molecule has 0 saturated carbocycles. The van der Waals surface area contributed by atoms with E-state index in [2.05, 4.69) is 15.0 Å². The fraction of sp³-hybridized carbons (Fsp3) is 0.182. The molecular weight excluding hydrogens is 270 g/mol. The SMILES string of the molecule is Nc1nc(N)nc(CSCc2cccc(Cl)c2)n1. The number of anilines is 2. The van der Waals surface area contributed by atoms with Crippen LogP contribution in [0.3, 0.4) is 0 Å². The summed E-state index contributed by atoms with van der Waals surface area (Å²) in [6, 6.07) is 7.74. The Hall–Kier alpha value is -1.53. The summed E-state index contributed by atoms with van der Waals surface area (Å²) in [5.41, 5.74) is 12.1. The van der Waals surface area contributed by atoms with Crippen molar-refractivity contribution in [1.82, 2.24) is 15.0 Å². The highest BCUT2D eigenvalue weighted by molar-refractivity contribution is 7.97. The summed E-state index contributed by atoms with van der Waals surface area (Å²) < 4.78 is 0. The molecule has 0 aliphatic carbocycles. The van der Waals surface area contributed by atoms with Gasteiger partial charge in [0.25, 0.3) is 0 Å². The standard InChI is InChI=1S/C11H12ClN5S/c12-8-3-1-2-7(4-8)5-18-6-9-15-10(13)17-11(14)16-9/h1-4H,5-6H2,(H4,13,14,15,16,17). The van der Waals surface area contributed by atoms with E-state index in [4.69, 9.17) is 23.1 Å². The summed E-state index contributed by atoms with van der Waals surface area (Å²) in [4.78, 5) is 11.7. The normalized spacial score (nSPS) is 10.5. The molecule has 2 rings (SSSR count). The van der Waals surface area contributed by atoms with E-state index in [0.717, 1.165) is 16.3 Å². The van der Waals surface area contributed by atoms with E-state index in [-0.39, 0.29) is 11.9 Å². The van der Waals surface area contributed by atoms with Crippen molar-refractivity contribution in [3.8, 4) is 0 Å². The second-order valence-corrected chi connectivity index (χ2v) is 5.01. The van der Waals surface area contributed by atoms with Gasteiger partial charge in [-0.2, -0.15) is 15.0 Å². The molecule has 1 heterocycles. The van der Waals surface area contributed by atoms with Crippen molar-refractivity contribution in [2.75, 3.05) is 11.5 Å². The first-order valence-electron chi connectivity index (χ1n) is 5.21. The minimum absolute atomic E-state index is 0.154. The molecule has 0 atom stereocenters. The summed E-state index contributed by atoms with van der Waals surface area (Å²) in [5, 5.41) is 0.738. The molecule has 18 heavy (non-hydrogen) atoms. The third kappa shape index (κ3) is 3.75. The van der Waals surface area contributed by atoms with Crippen molar-refractivity contribution in [3.63, 3.8) is 0 Å². The number of halogens is 1. The molecule has 0 unspecified atom stereocenters. The maximum absolute atomic E-state index is 5.91. The quantitative estimate of drug-likeness (QED) is 0.892. The van der Waals surface area contributed by atoms with Crippen LogP contribution in [0, 0.1) is 0 Å². The summed E-state index contributed by atoms with van der Waals surface area (Å²) in [7, 11) is 0. The van der Waals surface area contributed by atoms with Crippen LogP contribution in [0.5, 0.6) is 0 Å². The fourth-order valence-corrected chi connectivity index (χ4v) is 2.45. The Labute approximate surface area is 114 Å². The first-order valence-corrected chi connectivity index (χ1v) is 6.75. The highest BCUT2D eigenvalue weighted by Gasteiger charge is 2.02. The zero-order valence-corrected chi connectivity index (χ0v) is 11.1. The van der Waals surface area contributed by atoms with Crippen LogP contribution in [-0.2, 0) is 11.5 Å². The molecule has 0 amide bonds. The van der Waals surface area contributed by atoms with Gasteiger partial charge in [0.15, 0.2) is 0 Å². The van der Waals surface area contributed by atoms with Crippen LogP contribution in [0.4, 0.5) is 11.9 Å². The first kappa shape index (κ1) is 12.9. The van der Waals surface area contributed by atoms with E-state index in [1.165, 1.54) is 0 Å². The van der Waals surface area contributed by atoms with Crippen LogP contribution in [0.1, 0.15) is 11.4 Å². The predicted octanol–water partition coefficient (Wildman–Crippen LogP) is 2.12. The number of nitrogens with zero attached hydrogens (tertiary/aromatic N) is 3. The Balaban J connectivity index is 1.92. The molecule has 2 aromatic rings. The predicted molar refractivity (Wildman–Crippen MR) is 75.1 cm³/mol. The molecule has 1 aromatic heterocycles. The maximum Gasteiger partial charge on any atom is 0.225 e. The summed E-state index contributed by atoms with van der Waals surface area (Å²) >= 11 is 7.57. The first-order chi connectivity index (χ1) is 8.63. The van der Waals surface area contributed by atoms with Crippen LogP contribution in [0.25, 0.3) is 0 Å². The van der Waals surface area contributed by atoms with Gasteiger partial charge in [-0.1, -0.05) is 23.7 Å². The third-order valence-corrected chi connectivity index (χ3v) is 3.34. The number of thioether (sulfide) groups is 1. The van der Waals surface area contributed by atoms with Gasteiger partial charge in [0.05, 0.1) is 5.75 Å². The van der Waals surface area contributed by atoms with Gasteiger partial charge in [0, 0.05) is 10.8 Å². The molecule has 0 saturated heterocycles. The van der Waals surface area contributed by atoms with E-state index in [0.29, 0.717) is 11.6 Å². The minimum atomic E-state index is 0.154. The lowest BCUT2D eigenvalue weighted by Gasteiger charge is -2.03. The Bertz CT molecular complexity index is 528. The number of hydrogen-bond acceptors (Lipinski definition) is 6. The molecule has 94 valence electrons. The van der Waals surface area contributed by atoms with E-state index in [9.17, 15) is 0 Å². The van der Waals surface area contributed by atoms with Crippen molar-refractivity contribution in [3.05, 3.63) is 40.7 Å². The molecule has 4 N–H and O–H groups in total. The highest BCUT2D eigenvalue weighted by Crippen LogP contribution is 2.19. The van der Waals surface area contributed by atoms with E-state index in [1.54, 1.807) is 11.8 Å². The number of nitrogens with two attached hydrogens (primary N) is 2. The lowest BCUT2D eigenvalue weighted by atomic mass is 10.2. The lowest BCUT2D eigenvalue weighted by Crippen LogP contribution is -2.06. The van der Waals surface area contributed by atoms with Crippen LogP contribution in [-0.4, -0.2) is 15.0 Å². The monoisotopic (exact) mass is 281 g/mol. The Morgan fingerprint density at radius 2 is 1.78 bits per heavy atom. The van der Waals surface area contributed by atoms with Gasteiger partial charge >= 0.3 is 0 Å². The largest absolute Gasteiger partial charge is 0.368 e. The zero-order valence-electron chi connectivity index (χ0n) is 9.51. The van der Waals surface area contributed by atoms with Crippen molar-refractivity contribution in [2.24, 2.45) is 0 Å². The Morgan fingerprint density at radius 1 is 1.06 bits per heavy atom. The molecule has 0 spiro atoms. The van der Waals surface area contributed by atoms with Crippen LogP contribution >= 0.6 is 23.4 Å². The maximum atomic E-state index is 5.91. The van der Waals surface area contributed by atoms with E-state index < -0.39 is 0 Å². The molecule has 5 nitrogen and oxygen atoms in total. The van der Waals surface area contributed by atoms with Crippen LogP contribution in [0.2, 0.25) is 5.02 Å². The van der Waals surface area contributed by atoms with Gasteiger partial charge in [0.2, 0.25) is 11.9 Å². The van der Waals surface area contributed by atoms with Gasteiger partial charge in [-0.3, -0.25) is 0 Å². The summed E-state index contributed by atoms with van der Waals surface area (Å²) in [6.07, 6.45) is 0. The number of nitrogen functional groups attached to an aromatic ring is 2. The summed E-state index contributed by atoms with van der Waals surface area (Å²) in [6.45, 7) is 0. The van der Waals surface area contributed by atoms with Crippen molar-refractivity contribution in [2.45, 2.75) is 11.5 Å². The van der Waals surface area contributed by atoms with Crippen molar-refractivity contribution >= 4 is 35.3 Å². The Kier molecular flexibility index (Phi) is 4.22. The molecule has 0 fully saturated rings. The average Bonchev–Trinajstić information content (AvgIpc) is 2.27. The van der Waals surface area contributed by atoms with E-state index >= 15 is 0 Å². The second kappa shape index (κ2) is 5.88. The van der Waals surface area contributed by atoms with Gasteiger partial charge in [-0.05, 0) is 17.7 Å². The minimum Gasteiger partial charge on any atom is -0.368 e. The number of rotatable bonds is 4. The van der Waals surface area contributed by atoms with Crippen molar-refractivity contribution in [1.29, 1.82) is 0 Å². The smallest absolute Gasteiger partial charge is 0.225 e. The van der Waals surface area contributed by atoms with Gasteiger partial charge < -0.3 is 11.5 Å². The molecule has 7 heteroatoms. The van der Waals surface area contributed by atoms with Gasteiger partial charge in [-0.15, -0.1) is 11.8 Å². The number of hydrogen-bond donors (Lipinski definition) is 2. The molecule has 0 aliphatic rings. The molecule has 0 aliphatic heterocycles. The lowest BCUT2D eigenvalue weighted by molar-refractivity contribution is 0.987. The number of aromatic nitrogens is 3. The van der Waals surface area contributed by atoms with Crippen LogP contribution in [0.15, 0.2) is 24.3 Å². The topological polar surface area (TPSA) is 90.7 Å². The zero-order chi connectivity index (χ0) is 13.0. The molecule has 0 radical (unpaired) electrons. The fourth-order valence-electron chi connectivity index (χ4n) is 1.41. The Morgan fingerprint density at radius 3 is 2.44 bits per heavy atom. The summed E-state index contributed by atoms with van der Waals surface area (Å²) in [5.74, 6) is 2.35. The van der Waals surface area contributed by atoms with Gasteiger partial charge in [0.1, 0.15) is 5.82 Å². The second-order valence-electron chi connectivity index (χ2n) is 3.59. The highest BCUT2D eigenvalue weighted by atomic mass is 35.5. The van der Waals surface area contributed by atoms with E-state index in [1.807, 2.05) is 24.3 Å². The molecule has 1 aromatic carbocycles. The average molecular weight is 282 g/mol. The molecule has 0 bridgehead atoms. The van der Waals surface area contributed by atoms with Crippen LogP contribution < -0.4 is 11.5 Å². The van der Waals surface area contributed by atoms with Gasteiger partial charge in [-0.25, -0.2) is 0 Å². The number of benzene rings is 1. The third-order valence-electron chi connectivity index (χ3n) is 2.11.